The fourth-order valence-corrected chi connectivity index (χ4v) is 2.64. The molecule has 2 N–H and O–H groups in total. The Bertz CT molecular complexity index is 669. The molecule has 1 aliphatic rings. The molecule has 0 saturated carbocycles. The molecule has 1 amide bonds. The molecule has 1 aromatic heterocycles. The fraction of sp³-hybridized carbons (Fsp3) is 0.529. The lowest BCUT2D eigenvalue weighted by Crippen LogP contribution is -2.36. The predicted molar refractivity (Wildman–Crippen MR) is 98.3 cm³/mol. The first-order valence-electron chi connectivity index (χ1n) is 8.45. The molecule has 0 spiro atoms. The van der Waals surface area contributed by atoms with Gasteiger partial charge in [-0.25, -0.2) is 14.6 Å². The first kappa shape index (κ1) is 22.7. The number of aromatic nitrogens is 1. The van der Waals surface area contributed by atoms with E-state index in [2.05, 4.69) is 23.7 Å². The Hall–Kier alpha value is -2.39. The molecule has 0 bridgehead atoms. The van der Waals surface area contributed by atoms with Crippen molar-refractivity contribution in [3.63, 3.8) is 0 Å². The lowest BCUT2D eigenvalue weighted by molar-refractivity contribution is -0.159. The number of hydrogen-bond donors (Lipinski definition) is 2. The van der Waals surface area contributed by atoms with E-state index in [0.717, 1.165) is 26.1 Å². The van der Waals surface area contributed by atoms with Crippen molar-refractivity contribution in [2.24, 2.45) is 0 Å². The first-order valence-corrected chi connectivity index (χ1v) is 8.83. The van der Waals surface area contributed by atoms with Crippen molar-refractivity contribution in [2.75, 3.05) is 33.2 Å². The van der Waals surface area contributed by atoms with Crippen LogP contribution in [-0.4, -0.2) is 82.2 Å². The number of likely N-dealkylation sites (N-methyl/N-ethyl adjacent to an activating group) is 1. The van der Waals surface area contributed by atoms with Crippen molar-refractivity contribution in [3.05, 3.63) is 22.8 Å². The number of aliphatic carboxylic acids is 2. The van der Waals surface area contributed by atoms with Crippen molar-refractivity contribution in [1.29, 1.82) is 0 Å². The van der Waals surface area contributed by atoms with Crippen LogP contribution in [0.3, 0.4) is 0 Å². The van der Waals surface area contributed by atoms with E-state index in [1.54, 1.807) is 18.0 Å². The summed E-state index contributed by atoms with van der Waals surface area (Å²) in [4.78, 5) is 38.7. The number of carbonyl (C=O) groups excluding carboxylic acids is 1. The summed E-state index contributed by atoms with van der Waals surface area (Å²) >= 11 is 5.92. The highest BCUT2D eigenvalue weighted by atomic mass is 35.5. The first-order chi connectivity index (χ1) is 12.7. The van der Waals surface area contributed by atoms with E-state index in [1.165, 1.54) is 6.20 Å². The largest absolute Gasteiger partial charge is 0.473 e. The number of amides is 1. The molecule has 1 aromatic rings. The maximum Gasteiger partial charge on any atom is 0.414 e. The van der Waals surface area contributed by atoms with Crippen LogP contribution in [0.15, 0.2) is 12.3 Å². The average molecular weight is 402 g/mol. The molecular formula is C17H24ClN3O6. The zero-order chi connectivity index (χ0) is 20.6. The van der Waals surface area contributed by atoms with Crippen molar-refractivity contribution in [1.82, 2.24) is 14.8 Å². The Morgan fingerprint density at radius 2 is 1.93 bits per heavy atom. The zero-order valence-electron chi connectivity index (χ0n) is 15.5. The minimum atomic E-state index is -1.82. The average Bonchev–Trinajstić information content (AvgIpc) is 2.74. The van der Waals surface area contributed by atoms with Crippen LogP contribution in [0.4, 0.5) is 0 Å². The fourth-order valence-electron chi connectivity index (χ4n) is 2.48. The van der Waals surface area contributed by atoms with E-state index in [4.69, 9.17) is 36.1 Å². The Morgan fingerprint density at radius 3 is 2.44 bits per heavy atom. The summed E-state index contributed by atoms with van der Waals surface area (Å²) in [5.41, 5.74) is 0.440. The second kappa shape index (κ2) is 10.7. The third kappa shape index (κ3) is 7.03. The number of halogens is 1. The quantitative estimate of drug-likeness (QED) is 0.711. The van der Waals surface area contributed by atoms with Gasteiger partial charge in [0.2, 0.25) is 5.88 Å². The smallest absolute Gasteiger partial charge is 0.414 e. The van der Waals surface area contributed by atoms with Gasteiger partial charge in [0.25, 0.3) is 5.91 Å². The third-order valence-electron chi connectivity index (χ3n) is 4.00. The third-order valence-corrected chi connectivity index (χ3v) is 4.20. The SMILES string of the molecule is CCN(CC)CCC1CN(C)C(=O)c2cc(Cl)cnc2O1.O=C(O)C(=O)O. The molecule has 9 nitrogen and oxygen atoms in total. The van der Waals surface area contributed by atoms with Gasteiger partial charge in [-0.05, 0) is 25.6 Å². The summed E-state index contributed by atoms with van der Waals surface area (Å²) in [6.45, 7) is 7.83. The number of rotatable bonds is 5. The standard InChI is InChI=1S/C15H22ClN3O2.C2H2O4/c1-4-19(5-2)7-6-12-10-18(3)15(20)13-8-11(16)9-17-14(13)21-12;3-1(4)2(5)6/h8-9,12H,4-7,10H2,1-3H3;(H,3,4)(H,5,6). The van der Waals surface area contributed by atoms with Crippen LogP contribution >= 0.6 is 11.6 Å². The number of hydrogen-bond acceptors (Lipinski definition) is 6. The maximum absolute atomic E-state index is 12.3. The van der Waals surface area contributed by atoms with E-state index in [-0.39, 0.29) is 12.0 Å². The number of carboxylic acid groups (broad SMARTS) is 2. The van der Waals surface area contributed by atoms with Crippen molar-refractivity contribution < 1.29 is 29.3 Å². The molecule has 150 valence electrons. The number of nitrogens with zero attached hydrogens (tertiary/aromatic N) is 3. The number of ether oxygens (including phenoxy) is 1. The zero-order valence-corrected chi connectivity index (χ0v) is 16.3. The summed E-state index contributed by atoms with van der Waals surface area (Å²) in [5, 5.41) is 15.2. The molecule has 1 unspecified atom stereocenters. The predicted octanol–water partition coefficient (Wildman–Crippen LogP) is 1.46. The summed E-state index contributed by atoms with van der Waals surface area (Å²) in [6, 6.07) is 1.62. The number of pyridine rings is 1. The summed E-state index contributed by atoms with van der Waals surface area (Å²) < 4.78 is 5.93. The second-order valence-corrected chi connectivity index (χ2v) is 6.29. The van der Waals surface area contributed by atoms with Gasteiger partial charge in [0.05, 0.1) is 11.6 Å². The van der Waals surface area contributed by atoms with E-state index in [1.807, 2.05) is 0 Å². The van der Waals surface area contributed by atoms with Gasteiger partial charge in [0.15, 0.2) is 0 Å². The molecule has 2 rings (SSSR count). The van der Waals surface area contributed by atoms with E-state index in [0.29, 0.717) is 23.0 Å². The molecule has 0 aromatic carbocycles. The molecule has 27 heavy (non-hydrogen) atoms. The van der Waals surface area contributed by atoms with Crippen molar-refractivity contribution >= 4 is 29.4 Å². The molecule has 0 fully saturated rings. The molecule has 1 aliphatic heterocycles. The van der Waals surface area contributed by atoms with Gasteiger partial charge in [-0.1, -0.05) is 25.4 Å². The molecular weight excluding hydrogens is 378 g/mol. The van der Waals surface area contributed by atoms with Gasteiger partial charge >= 0.3 is 11.9 Å². The molecule has 0 saturated heterocycles. The van der Waals surface area contributed by atoms with Crippen LogP contribution in [0, 0.1) is 0 Å². The minimum absolute atomic E-state index is 0.0468. The van der Waals surface area contributed by atoms with E-state index < -0.39 is 11.9 Å². The van der Waals surface area contributed by atoms with Gasteiger partial charge in [-0.2, -0.15) is 0 Å². The van der Waals surface area contributed by atoms with Crippen LogP contribution in [0.5, 0.6) is 5.88 Å². The lowest BCUT2D eigenvalue weighted by Gasteiger charge is -2.24. The summed E-state index contributed by atoms with van der Waals surface area (Å²) in [5.74, 6) is -3.35. The van der Waals surface area contributed by atoms with Gasteiger partial charge in [-0.3, -0.25) is 4.79 Å². The highest BCUT2D eigenvalue weighted by molar-refractivity contribution is 6.30. The second-order valence-electron chi connectivity index (χ2n) is 5.86. The summed E-state index contributed by atoms with van der Waals surface area (Å²) in [6.07, 6.45) is 2.33. The Labute approximate surface area is 162 Å². The van der Waals surface area contributed by atoms with Crippen LogP contribution in [0.25, 0.3) is 0 Å². The highest BCUT2D eigenvalue weighted by Crippen LogP contribution is 2.25. The van der Waals surface area contributed by atoms with Gasteiger partial charge in [0, 0.05) is 19.8 Å². The van der Waals surface area contributed by atoms with Crippen molar-refractivity contribution in [2.45, 2.75) is 26.4 Å². The number of fused-ring (bicyclic) bond motifs is 1. The van der Waals surface area contributed by atoms with E-state index >= 15 is 0 Å². The Morgan fingerprint density at radius 1 is 1.33 bits per heavy atom. The van der Waals surface area contributed by atoms with Crippen LogP contribution in [0.1, 0.15) is 30.6 Å². The van der Waals surface area contributed by atoms with Gasteiger partial charge < -0.3 is 24.7 Å². The Balaban J connectivity index is 0.000000527. The number of carbonyl (C=O) groups is 3. The van der Waals surface area contributed by atoms with Crippen LogP contribution in [-0.2, 0) is 9.59 Å². The molecule has 0 radical (unpaired) electrons. The molecule has 1 atom stereocenters. The van der Waals surface area contributed by atoms with E-state index in [9.17, 15) is 4.79 Å². The maximum atomic E-state index is 12.3. The molecule has 2 heterocycles. The summed E-state index contributed by atoms with van der Waals surface area (Å²) in [7, 11) is 1.78. The molecule has 10 heteroatoms. The Kier molecular flexibility index (Phi) is 8.96. The monoisotopic (exact) mass is 401 g/mol. The topological polar surface area (TPSA) is 120 Å². The minimum Gasteiger partial charge on any atom is -0.473 e. The molecule has 0 aliphatic carbocycles. The van der Waals surface area contributed by atoms with Gasteiger partial charge in [0.1, 0.15) is 11.7 Å². The lowest BCUT2D eigenvalue weighted by atomic mass is 10.2. The number of carboxylic acids is 2. The van der Waals surface area contributed by atoms with Gasteiger partial charge in [-0.15, -0.1) is 0 Å². The van der Waals surface area contributed by atoms with Crippen LogP contribution < -0.4 is 4.74 Å². The van der Waals surface area contributed by atoms with Crippen molar-refractivity contribution in [3.8, 4) is 5.88 Å². The highest BCUT2D eigenvalue weighted by Gasteiger charge is 2.28. The van der Waals surface area contributed by atoms with Crippen LogP contribution in [0.2, 0.25) is 5.02 Å². The normalized spacial score (nSPS) is 16.0.